The molecular weight excluding hydrogens is 366 g/mol. The van der Waals surface area contributed by atoms with Gasteiger partial charge < -0.3 is 15.5 Å². The van der Waals surface area contributed by atoms with Crippen LogP contribution in [0.3, 0.4) is 0 Å². The molecule has 7 heteroatoms. The molecule has 4 rings (SSSR count). The summed E-state index contributed by atoms with van der Waals surface area (Å²) in [4.78, 5) is 36.1. The predicted octanol–water partition coefficient (Wildman–Crippen LogP) is 2.80. The summed E-state index contributed by atoms with van der Waals surface area (Å²) in [5, 5.41) is 0. The van der Waals surface area contributed by atoms with Gasteiger partial charge in [0.1, 0.15) is 5.54 Å². The highest BCUT2D eigenvalue weighted by molar-refractivity contribution is 6.06. The normalized spacial score (nSPS) is 31.1. The fourth-order valence-corrected chi connectivity index (χ4v) is 5.83. The van der Waals surface area contributed by atoms with Crippen molar-refractivity contribution in [3.8, 4) is 0 Å². The number of rotatable bonds is 5. The van der Waals surface area contributed by atoms with Crippen molar-refractivity contribution in [3.05, 3.63) is 0 Å². The number of carbonyl (C=O) groups excluding carboxylic acids is 2. The molecule has 1 aliphatic carbocycles. The Morgan fingerprint density at radius 2 is 1.76 bits per heavy atom. The quantitative estimate of drug-likeness (QED) is 0.766. The number of amides is 3. The molecule has 0 unspecified atom stereocenters. The van der Waals surface area contributed by atoms with Gasteiger partial charge in [0.05, 0.1) is 0 Å². The number of guanidine groups is 1. The van der Waals surface area contributed by atoms with E-state index in [2.05, 4.69) is 0 Å². The first-order valence-corrected chi connectivity index (χ1v) is 11.7. The van der Waals surface area contributed by atoms with Gasteiger partial charge in [-0.15, -0.1) is 0 Å². The fraction of sp³-hybridized carbons (Fsp3) is 0.864. The van der Waals surface area contributed by atoms with E-state index in [9.17, 15) is 9.59 Å². The van der Waals surface area contributed by atoms with Gasteiger partial charge in [-0.1, -0.05) is 32.1 Å². The molecule has 2 saturated heterocycles. The van der Waals surface area contributed by atoms with Crippen molar-refractivity contribution in [1.82, 2.24) is 14.7 Å². The molecule has 162 valence electrons. The molecule has 0 aromatic heterocycles. The predicted molar refractivity (Wildman–Crippen MR) is 113 cm³/mol. The summed E-state index contributed by atoms with van der Waals surface area (Å²) in [7, 11) is 1.74. The van der Waals surface area contributed by atoms with Gasteiger partial charge in [0.25, 0.3) is 5.91 Å². The maximum Gasteiger partial charge on any atom is 0.320 e. The lowest BCUT2D eigenvalue weighted by Crippen LogP contribution is -2.44. The summed E-state index contributed by atoms with van der Waals surface area (Å²) < 4.78 is 0. The molecule has 0 bridgehead atoms. The topological polar surface area (TPSA) is 82.2 Å². The Labute approximate surface area is 174 Å². The van der Waals surface area contributed by atoms with E-state index in [0.717, 1.165) is 58.3 Å². The highest BCUT2D eigenvalue weighted by Crippen LogP contribution is 2.39. The van der Waals surface area contributed by atoms with Crippen LogP contribution in [0.25, 0.3) is 0 Å². The van der Waals surface area contributed by atoms with Crippen molar-refractivity contribution in [2.75, 3.05) is 33.2 Å². The van der Waals surface area contributed by atoms with Gasteiger partial charge in [0.15, 0.2) is 5.96 Å². The highest BCUT2D eigenvalue weighted by atomic mass is 16.2. The molecule has 1 saturated carbocycles. The highest BCUT2D eigenvalue weighted by Gasteiger charge is 2.48. The van der Waals surface area contributed by atoms with E-state index in [4.69, 9.17) is 10.7 Å². The van der Waals surface area contributed by atoms with E-state index in [1.807, 2.05) is 9.80 Å². The number of urea groups is 1. The second kappa shape index (κ2) is 8.52. The van der Waals surface area contributed by atoms with E-state index in [1.54, 1.807) is 7.05 Å². The number of hydrogen-bond acceptors (Lipinski definition) is 4. The summed E-state index contributed by atoms with van der Waals surface area (Å²) in [5.74, 6) is 1.43. The minimum absolute atomic E-state index is 0.0510. The van der Waals surface area contributed by atoms with Crippen molar-refractivity contribution in [1.29, 1.82) is 0 Å². The Bertz CT molecular complexity index is 654. The largest absolute Gasteiger partial charge is 0.369 e. The molecule has 0 radical (unpaired) electrons. The van der Waals surface area contributed by atoms with Crippen molar-refractivity contribution in [2.45, 2.75) is 76.2 Å². The number of hydrogen-bond donors (Lipinski definition) is 1. The Morgan fingerprint density at radius 1 is 1.03 bits per heavy atom. The van der Waals surface area contributed by atoms with Crippen LogP contribution in [-0.4, -0.2) is 71.4 Å². The van der Waals surface area contributed by atoms with E-state index < -0.39 is 5.54 Å². The number of likely N-dealkylation sites (tertiary alicyclic amines) is 2. The number of likely N-dealkylation sites (N-methyl/N-ethyl adjacent to an activating group) is 1. The molecular formula is C22H37N5O2. The zero-order chi connectivity index (χ0) is 20.4. The van der Waals surface area contributed by atoms with Gasteiger partial charge in [-0.25, -0.2) is 9.79 Å². The van der Waals surface area contributed by atoms with Crippen LogP contribution in [0.4, 0.5) is 4.79 Å². The van der Waals surface area contributed by atoms with Crippen molar-refractivity contribution in [2.24, 2.45) is 22.6 Å². The van der Waals surface area contributed by atoms with Crippen molar-refractivity contribution in [3.63, 3.8) is 0 Å². The van der Waals surface area contributed by atoms with Gasteiger partial charge in [0.2, 0.25) is 0 Å². The Hall–Kier alpha value is -1.79. The number of nitrogens with two attached hydrogens (primary N) is 1. The van der Waals surface area contributed by atoms with Gasteiger partial charge in [-0.2, -0.15) is 0 Å². The molecule has 0 spiro atoms. The van der Waals surface area contributed by atoms with E-state index >= 15 is 0 Å². The van der Waals surface area contributed by atoms with E-state index in [1.165, 1.54) is 37.0 Å². The monoisotopic (exact) mass is 403 g/mol. The second-order valence-corrected chi connectivity index (χ2v) is 9.69. The fourth-order valence-electron chi connectivity index (χ4n) is 5.83. The second-order valence-electron chi connectivity index (χ2n) is 9.69. The molecule has 2 atom stereocenters. The molecule has 4 aliphatic rings. The van der Waals surface area contributed by atoms with Gasteiger partial charge in [0, 0.05) is 33.2 Å². The molecule has 3 aliphatic heterocycles. The Kier molecular flexibility index (Phi) is 6.02. The third-order valence-electron chi connectivity index (χ3n) is 7.63. The average Bonchev–Trinajstić information content (AvgIpc) is 3.46. The van der Waals surface area contributed by atoms with Crippen molar-refractivity contribution < 1.29 is 9.59 Å². The Morgan fingerprint density at radius 3 is 2.41 bits per heavy atom. The maximum atomic E-state index is 13.2. The average molecular weight is 404 g/mol. The molecule has 7 nitrogen and oxygen atoms in total. The van der Waals surface area contributed by atoms with Crippen LogP contribution >= 0.6 is 0 Å². The smallest absolute Gasteiger partial charge is 0.320 e. The van der Waals surface area contributed by atoms with Crippen LogP contribution in [0.2, 0.25) is 0 Å². The zero-order valence-corrected chi connectivity index (χ0v) is 17.9. The lowest BCUT2D eigenvalue weighted by Gasteiger charge is -2.31. The lowest BCUT2D eigenvalue weighted by molar-refractivity contribution is -0.131. The van der Waals surface area contributed by atoms with Crippen LogP contribution in [-0.2, 0) is 4.79 Å². The van der Waals surface area contributed by atoms with Crippen LogP contribution in [0.5, 0.6) is 0 Å². The lowest BCUT2D eigenvalue weighted by atomic mass is 9.78. The van der Waals surface area contributed by atoms with Gasteiger partial charge in [-0.3, -0.25) is 9.69 Å². The summed E-state index contributed by atoms with van der Waals surface area (Å²) in [5.41, 5.74) is 5.35. The maximum absolute atomic E-state index is 13.2. The molecule has 0 aromatic rings. The number of aliphatic imine (C=N–C) groups is 1. The van der Waals surface area contributed by atoms with Gasteiger partial charge in [-0.05, 0) is 50.4 Å². The van der Waals surface area contributed by atoms with E-state index in [-0.39, 0.29) is 11.9 Å². The van der Waals surface area contributed by atoms with Crippen LogP contribution in [0, 0.1) is 11.8 Å². The molecule has 3 heterocycles. The molecule has 3 fully saturated rings. The summed E-state index contributed by atoms with van der Waals surface area (Å²) >= 11 is 0. The molecule has 0 aromatic carbocycles. The standard InChI is InChI=1S/C22H37N5O2/c1-25-19(28)22(24-20(25)23,11-9-17-7-3-2-4-8-17)15-18-10-14-27(16-18)21(29)26-12-5-6-13-26/h17-18H,2-16H2,1H3,(H2,23,24)/t18-,22-/m0/s1. The number of nitrogens with zero attached hydrogens (tertiary/aromatic N) is 4. The van der Waals surface area contributed by atoms with Crippen LogP contribution in [0.1, 0.15) is 70.6 Å². The minimum atomic E-state index is -0.715. The van der Waals surface area contributed by atoms with Crippen molar-refractivity contribution >= 4 is 17.9 Å². The van der Waals surface area contributed by atoms with E-state index in [0.29, 0.717) is 24.2 Å². The zero-order valence-electron chi connectivity index (χ0n) is 17.9. The van der Waals surface area contributed by atoms with Crippen LogP contribution in [0.15, 0.2) is 4.99 Å². The summed E-state index contributed by atoms with van der Waals surface area (Å²) in [6, 6.07) is 0.180. The molecule has 2 N–H and O–H groups in total. The molecule has 3 amide bonds. The molecule has 29 heavy (non-hydrogen) atoms. The first kappa shape index (κ1) is 20.5. The summed E-state index contributed by atoms with van der Waals surface area (Å²) in [6.45, 7) is 3.31. The van der Waals surface area contributed by atoms with Gasteiger partial charge >= 0.3 is 6.03 Å². The summed E-state index contributed by atoms with van der Waals surface area (Å²) in [6.07, 6.45) is 12.3. The number of carbonyl (C=O) groups is 2. The minimum Gasteiger partial charge on any atom is -0.369 e. The first-order chi connectivity index (χ1) is 14.0. The third-order valence-corrected chi connectivity index (χ3v) is 7.63. The third kappa shape index (κ3) is 4.24. The first-order valence-electron chi connectivity index (χ1n) is 11.7. The Balaban J connectivity index is 1.40. The SMILES string of the molecule is CN1C(=O)[C@](CCC2CCCCC2)(C[C@@H]2CCN(C(=O)N3CCCC3)C2)N=C1N. The van der Waals surface area contributed by atoms with Crippen LogP contribution < -0.4 is 5.73 Å².